The van der Waals surface area contributed by atoms with Crippen molar-refractivity contribution in [2.45, 2.75) is 64.5 Å². The van der Waals surface area contributed by atoms with Gasteiger partial charge >= 0.3 is 0 Å². The second-order valence-corrected chi connectivity index (χ2v) is 6.88. The zero-order chi connectivity index (χ0) is 15.3. The first kappa shape index (κ1) is 16.0. The highest BCUT2D eigenvalue weighted by molar-refractivity contribution is 5.28. The van der Waals surface area contributed by atoms with Gasteiger partial charge in [0.1, 0.15) is 0 Å². The summed E-state index contributed by atoms with van der Waals surface area (Å²) in [5.41, 5.74) is 2.39. The van der Waals surface area contributed by atoms with Crippen LogP contribution in [0.2, 0.25) is 0 Å². The molecule has 0 atom stereocenters. The van der Waals surface area contributed by atoms with Crippen molar-refractivity contribution < 1.29 is 4.74 Å². The van der Waals surface area contributed by atoms with Gasteiger partial charge in [0, 0.05) is 24.1 Å². The first-order valence-electron chi connectivity index (χ1n) is 7.97. The van der Waals surface area contributed by atoms with Crippen molar-refractivity contribution in [2.24, 2.45) is 0 Å². The normalized spacial score (nSPS) is 15.0. The molecule has 1 aromatic rings. The molecule has 1 saturated carbocycles. The van der Waals surface area contributed by atoms with Crippen LogP contribution < -0.4 is 10.1 Å². The summed E-state index contributed by atoms with van der Waals surface area (Å²) in [5.74, 6) is 0.749. The quantitative estimate of drug-likeness (QED) is 0.580. The molecule has 1 N–H and O–H groups in total. The van der Waals surface area contributed by atoms with Crippen LogP contribution in [-0.4, -0.2) is 17.6 Å². The Morgan fingerprint density at radius 1 is 1.38 bits per heavy atom. The summed E-state index contributed by atoms with van der Waals surface area (Å²) in [7, 11) is 0. The van der Waals surface area contributed by atoms with Crippen LogP contribution in [0.15, 0.2) is 24.8 Å². The van der Waals surface area contributed by atoms with Crippen molar-refractivity contribution in [3.63, 3.8) is 0 Å². The fourth-order valence-electron chi connectivity index (χ4n) is 2.07. The molecule has 0 aliphatic heterocycles. The monoisotopic (exact) mass is 288 g/mol. The molecule has 0 unspecified atom stereocenters. The molecule has 21 heavy (non-hydrogen) atoms. The zero-order valence-corrected chi connectivity index (χ0v) is 13.6. The molecule has 1 aliphatic rings. The van der Waals surface area contributed by atoms with Gasteiger partial charge in [0.15, 0.2) is 0 Å². The van der Waals surface area contributed by atoms with Crippen molar-refractivity contribution in [3.05, 3.63) is 36.0 Å². The van der Waals surface area contributed by atoms with E-state index < -0.39 is 0 Å². The molecule has 0 saturated heterocycles. The maximum atomic E-state index is 5.82. The van der Waals surface area contributed by atoms with Crippen LogP contribution in [-0.2, 0) is 12.0 Å². The van der Waals surface area contributed by atoms with Gasteiger partial charge in [-0.15, -0.1) is 6.58 Å². The number of hydrogen-bond acceptors (Lipinski definition) is 3. The van der Waals surface area contributed by atoms with Gasteiger partial charge in [-0.3, -0.25) is 0 Å². The lowest BCUT2D eigenvalue weighted by Crippen LogP contribution is -2.18. The Hall–Kier alpha value is -1.35. The summed E-state index contributed by atoms with van der Waals surface area (Å²) in [6.07, 6.45) is 6.51. The van der Waals surface area contributed by atoms with Crippen molar-refractivity contribution in [1.29, 1.82) is 0 Å². The Morgan fingerprint density at radius 2 is 2.14 bits per heavy atom. The van der Waals surface area contributed by atoms with Crippen LogP contribution in [0.25, 0.3) is 0 Å². The zero-order valence-electron chi connectivity index (χ0n) is 13.6. The second kappa shape index (κ2) is 7.08. The number of allylic oxidation sites excluding steroid dienone is 1. The van der Waals surface area contributed by atoms with Crippen LogP contribution in [0.1, 0.15) is 57.7 Å². The van der Waals surface area contributed by atoms with Crippen LogP contribution in [0.5, 0.6) is 5.88 Å². The molecule has 3 heteroatoms. The summed E-state index contributed by atoms with van der Waals surface area (Å²) < 4.78 is 5.82. The predicted octanol–water partition coefficient (Wildman–Crippen LogP) is 3.98. The third kappa shape index (κ3) is 5.50. The Bertz CT molecular complexity index is 473. The molecule has 1 aliphatic carbocycles. The van der Waals surface area contributed by atoms with Crippen molar-refractivity contribution >= 4 is 0 Å². The molecular formula is C18H28N2O. The molecule has 116 valence electrons. The molecule has 0 aromatic carbocycles. The smallest absolute Gasteiger partial charge is 0.213 e. The van der Waals surface area contributed by atoms with Crippen molar-refractivity contribution in [3.8, 4) is 5.88 Å². The Kier molecular flexibility index (Phi) is 5.40. The molecule has 1 heterocycles. The van der Waals surface area contributed by atoms with Gasteiger partial charge in [-0.25, -0.2) is 4.98 Å². The SMILES string of the molecule is C=CCCCOc1cc(CNC2CC2)cc(C(C)(C)C)n1. The minimum absolute atomic E-state index is 0.0365. The number of rotatable bonds is 8. The number of nitrogens with one attached hydrogen (secondary N) is 1. The predicted molar refractivity (Wildman–Crippen MR) is 87.7 cm³/mol. The molecule has 1 aromatic heterocycles. The summed E-state index contributed by atoms with van der Waals surface area (Å²) in [4.78, 5) is 4.67. The fourth-order valence-corrected chi connectivity index (χ4v) is 2.07. The van der Waals surface area contributed by atoms with E-state index in [-0.39, 0.29) is 5.41 Å². The largest absolute Gasteiger partial charge is 0.478 e. The minimum atomic E-state index is 0.0365. The lowest BCUT2D eigenvalue weighted by molar-refractivity contribution is 0.297. The molecule has 1 fully saturated rings. The van der Waals surface area contributed by atoms with E-state index in [0.717, 1.165) is 31.0 Å². The van der Waals surface area contributed by atoms with Gasteiger partial charge in [-0.2, -0.15) is 0 Å². The molecule has 3 nitrogen and oxygen atoms in total. The van der Waals surface area contributed by atoms with Crippen molar-refractivity contribution in [1.82, 2.24) is 10.3 Å². The van der Waals surface area contributed by atoms with E-state index in [9.17, 15) is 0 Å². The Morgan fingerprint density at radius 3 is 2.76 bits per heavy atom. The first-order chi connectivity index (χ1) is 9.99. The standard InChI is InChI=1S/C18H28N2O/c1-5-6-7-10-21-17-12-14(13-19-15-8-9-15)11-16(20-17)18(2,3)4/h5,11-12,15,19H,1,6-10,13H2,2-4H3. The third-order valence-electron chi connectivity index (χ3n) is 3.60. The Balaban J connectivity index is 2.05. The number of ether oxygens (including phenoxy) is 1. The lowest BCUT2D eigenvalue weighted by atomic mass is 9.91. The number of pyridine rings is 1. The van der Waals surface area contributed by atoms with Crippen LogP contribution in [0.3, 0.4) is 0 Å². The van der Waals surface area contributed by atoms with Gasteiger partial charge in [-0.05, 0) is 37.3 Å². The van der Waals surface area contributed by atoms with E-state index >= 15 is 0 Å². The number of nitrogens with zero attached hydrogens (tertiary/aromatic N) is 1. The first-order valence-corrected chi connectivity index (χ1v) is 7.97. The number of hydrogen-bond donors (Lipinski definition) is 1. The van der Waals surface area contributed by atoms with Gasteiger partial charge in [-0.1, -0.05) is 26.8 Å². The van der Waals surface area contributed by atoms with E-state index in [0.29, 0.717) is 12.6 Å². The molecule has 0 amide bonds. The van der Waals surface area contributed by atoms with Gasteiger partial charge in [0.25, 0.3) is 0 Å². The molecule has 0 radical (unpaired) electrons. The van der Waals surface area contributed by atoms with E-state index in [1.165, 1.54) is 18.4 Å². The fraction of sp³-hybridized carbons (Fsp3) is 0.611. The van der Waals surface area contributed by atoms with Crippen LogP contribution in [0, 0.1) is 0 Å². The van der Waals surface area contributed by atoms with Gasteiger partial charge < -0.3 is 10.1 Å². The average molecular weight is 288 g/mol. The average Bonchev–Trinajstić information content (AvgIpc) is 3.24. The van der Waals surface area contributed by atoms with E-state index in [1.807, 2.05) is 6.08 Å². The van der Waals surface area contributed by atoms with E-state index in [4.69, 9.17) is 4.74 Å². The van der Waals surface area contributed by atoms with Crippen LogP contribution in [0.4, 0.5) is 0 Å². The van der Waals surface area contributed by atoms with Crippen molar-refractivity contribution in [2.75, 3.05) is 6.61 Å². The van der Waals surface area contributed by atoms with E-state index in [1.54, 1.807) is 0 Å². The summed E-state index contributed by atoms with van der Waals surface area (Å²) in [5, 5.41) is 3.56. The maximum absolute atomic E-state index is 5.82. The van der Waals surface area contributed by atoms with Crippen LogP contribution >= 0.6 is 0 Å². The molecule has 2 rings (SSSR count). The summed E-state index contributed by atoms with van der Waals surface area (Å²) >= 11 is 0. The van der Waals surface area contributed by atoms with E-state index in [2.05, 4.69) is 49.8 Å². The highest BCUT2D eigenvalue weighted by Gasteiger charge is 2.21. The summed E-state index contributed by atoms with van der Waals surface area (Å²) in [6.45, 7) is 11.9. The lowest BCUT2D eigenvalue weighted by Gasteiger charge is -2.20. The summed E-state index contributed by atoms with van der Waals surface area (Å²) in [6, 6.07) is 4.98. The molecular weight excluding hydrogens is 260 g/mol. The topological polar surface area (TPSA) is 34.1 Å². The third-order valence-corrected chi connectivity index (χ3v) is 3.60. The Labute approximate surface area is 128 Å². The highest BCUT2D eigenvalue weighted by Crippen LogP contribution is 2.25. The molecule has 0 bridgehead atoms. The molecule has 0 spiro atoms. The maximum Gasteiger partial charge on any atom is 0.213 e. The number of aromatic nitrogens is 1. The minimum Gasteiger partial charge on any atom is -0.478 e. The second-order valence-electron chi connectivity index (χ2n) is 6.88. The van der Waals surface area contributed by atoms with Gasteiger partial charge in [0.2, 0.25) is 5.88 Å². The highest BCUT2D eigenvalue weighted by atomic mass is 16.5. The number of unbranched alkanes of at least 4 members (excludes halogenated alkanes) is 1. The van der Waals surface area contributed by atoms with Gasteiger partial charge in [0.05, 0.1) is 12.3 Å².